The van der Waals surface area contributed by atoms with Gasteiger partial charge in [-0.2, -0.15) is 11.8 Å². The summed E-state index contributed by atoms with van der Waals surface area (Å²) in [7, 11) is 0. The van der Waals surface area contributed by atoms with Crippen molar-refractivity contribution in [1.29, 1.82) is 0 Å². The largest absolute Gasteiger partial charge is 0.287 e. The molecule has 1 aliphatic heterocycles. The third-order valence-electron chi connectivity index (χ3n) is 2.07. The second kappa shape index (κ2) is 6.77. The standard InChI is InChI=1S/C10H18OS2/c1-2-3-4-5-6-10(11)13-8-9-7-12-9/h9H,2-8H2,1H3. The van der Waals surface area contributed by atoms with Crippen LogP contribution in [0.3, 0.4) is 0 Å². The molecule has 1 fully saturated rings. The van der Waals surface area contributed by atoms with Crippen LogP contribution >= 0.6 is 23.5 Å². The molecule has 1 nitrogen and oxygen atoms in total. The summed E-state index contributed by atoms with van der Waals surface area (Å²) in [5.41, 5.74) is 0. The predicted molar refractivity (Wildman–Crippen MR) is 62.5 cm³/mol. The average Bonchev–Trinajstić information content (AvgIpc) is 2.92. The average molecular weight is 218 g/mol. The maximum atomic E-state index is 11.3. The van der Waals surface area contributed by atoms with Gasteiger partial charge >= 0.3 is 0 Å². The number of hydrogen-bond acceptors (Lipinski definition) is 3. The lowest BCUT2D eigenvalue weighted by Gasteiger charge is -1.98. The maximum absolute atomic E-state index is 11.3. The predicted octanol–water partition coefficient (Wildman–Crippen LogP) is 3.33. The molecular formula is C10H18OS2. The van der Waals surface area contributed by atoms with E-state index in [1.165, 1.54) is 25.0 Å². The second-order valence-electron chi connectivity index (χ2n) is 3.45. The maximum Gasteiger partial charge on any atom is 0.188 e. The van der Waals surface area contributed by atoms with Crippen molar-refractivity contribution in [3.05, 3.63) is 0 Å². The molecule has 0 aliphatic carbocycles. The van der Waals surface area contributed by atoms with Crippen molar-refractivity contribution < 1.29 is 4.79 Å². The Morgan fingerprint density at radius 2 is 2.23 bits per heavy atom. The fraction of sp³-hybridized carbons (Fsp3) is 0.900. The molecule has 0 aromatic heterocycles. The van der Waals surface area contributed by atoms with Crippen LogP contribution in [0.2, 0.25) is 0 Å². The van der Waals surface area contributed by atoms with Gasteiger partial charge in [-0.3, -0.25) is 4.79 Å². The van der Waals surface area contributed by atoms with Gasteiger partial charge in [0.25, 0.3) is 0 Å². The molecule has 1 saturated heterocycles. The zero-order chi connectivity index (χ0) is 9.52. The summed E-state index contributed by atoms with van der Waals surface area (Å²) < 4.78 is 0. The quantitative estimate of drug-likeness (QED) is 0.482. The molecule has 1 aliphatic rings. The topological polar surface area (TPSA) is 17.1 Å². The second-order valence-corrected chi connectivity index (χ2v) is 5.86. The van der Waals surface area contributed by atoms with Crippen LogP contribution < -0.4 is 0 Å². The van der Waals surface area contributed by atoms with Crippen molar-refractivity contribution in [3.8, 4) is 0 Å². The van der Waals surface area contributed by atoms with Crippen LogP contribution in [0.5, 0.6) is 0 Å². The molecule has 0 saturated carbocycles. The molecule has 0 amide bonds. The van der Waals surface area contributed by atoms with Crippen molar-refractivity contribution in [2.24, 2.45) is 0 Å². The van der Waals surface area contributed by atoms with E-state index in [2.05, 4.69) is 6.92 Å². The first kappa shape index (κ1) is 11.4. The molecule has 3 heteroatoms. The third kappa shape index (κ3) is 6.44. The first-order valence-corrected chi connectivity index (χ1v) is 7.13. The van der Waals surface area contributed by atoms with Gasteiger partial charge < -0.3 is 0 Å². The highest BCUT2D eigenvalue weighted by Crippen LogP contribution is 2.33. The smallest absolute Gasteiger partial charge is 0.188 e. The molecule has 1 atom stereocenters. The van der Waals surface area contributed by atoms with Gasteiger partial charge in [0.15, 0.2) is 5.12 Å². The third-order valence-corrected chi connectivity index (χ3v) is 4.34. The summed E-state index contributed by atoms with van der Waals surface area (Å²) >= 11 is 3.51. The van der Waals surface area contributed by atoms with Gasteiger partial charge in [0.05, 0.1) is 0 Å². The SMILES string of the molecule is CCCCCCC(=O)SCC1CS1. The lowest BCUT2D eigenvalue weighted by Crippen LogP contribution is -1.96. The fourth-order valence-electron chi connectivity index (χ4n) is 1.12. The first-order chi connectivity index (χ1) is 6.33. The van der Waals surface area contributed by atoms with Crippen LogP contribution in [0, 0.1) is 0 Å². The van der Waals surface area contributed by atoms with E-state index in [-0.39, 0.29) is 0 Å². The van der Waals surface area contributed by atoms with E-state index >= 15 is 0 Å². The summed E-state index contributed by atoms with van der Waals surface area (Å²) in [6, 6.07) is 0. The van der Waals surface area contributed by atoms with Gasteiger partial charge in [-0.25, -0.2) is 0 Å². The zero-order valence-electron chi connectivity index (χ0n) is 8.25. The highest BCUT2D eigenvalue weighted by molar-refractivity contribution is 8.15. The monoisotopic (exact) mass is 218 g/mol. The molecule has 0 aromatic carbocycles. The van der Waals surface area contributed by atoms with Gasteiger partial charge in [0, 0.05) is 23.2 Å². The van der Waals surface area contributed by atoms with E-state index in [0.717, 1.165) is 23.8 Å². The van der Waals surface area contributed by atoms with Crippen molar-refractivity contribution in [2.75, 3.05) is 11.5 Å². The fourth-order valence-corrected chi connectivity index (χ4v) is 2.89. The molecule has 13 heavy (non-hydrogen) atoms. The highest BCUT2D eigenvalue weighted by atomic mass is 32.2. The summed E-state index contributed by atoms with van der Waals surface area (Å²) in [6.45, 7) is 2.20. The number of carbonyl (C=O) groups is 1. The minimum absolute atomic E-state index is 0.406. The van der Waals surface area contributed by atoms with Gasteiger partial charge in [0.2, 0.25) is 0 Å². The minimum Gasteiger partial charge on any atom is -0.287 e. The van der Waals surface area contributed by atoms with Crippen LogP contribution in [-0.2, 0) is 4.79 Å². The Labute approximate surface area is 89.4 Å². The van der Waals surface area contributed by atoms with E-state index in [1.54, 1.807) is 11.8 Å². The Morgan fingerprint density at radius 1 is 1.46 bits per heavy atom. The lowest BCUT2D eigenvalue weighted by atomic mass is 10.2. The first-order valence-electron chi connectivity index (χ1n) is 5.10. The number of thioether (sulfide) groups is 2. The summed E-state index contributed by atoms with van der Waals surface area (Å²) in [6.07, 6.45) is 5.64. The molecule has 0 spiro atoms. The number of hydrogen-bond donors (Lipinski definition) is 0. The van der Waals surface area contributed by atoms with Crippen molar-refractivity contribution in [1.82, 2.24) is 0 Å². The molecule has 0 aromatic rings. The molecule has 1 rings (SSSR count). The van der Waals surface area contributed by atoms with Crippen LogP contribution in [-0.4, -0.2) is 21.9 Å². The molecule has 1 heterocycles. The summed E-state index contributed by atoms with van der Waals surface area (Å²) in [5, 5.41) is 1.20. The molecular weight excluding hydrogens is 200 g/mol. The van der Waals surface area contributed by atoms with E-state index in [1.807, 2.05) is 11.8 Å². The van der Waals surface area contributed by atoms with Gasteiger partial charge in [-0.15, -0.1) is 0 Å². The van der Waals surface area contributed by atoms with E-state index in [9.17, 15) is 4.79 Å². The normalized spacial score (nSPS) is 20.2. The summed E-state index contributed by atoms with van der Waals surface area (Å²) in [5.74, 6) is 2.33. The highest BCUT2D eigenvalue weighted by Gasteiger charge is 2.23. The van der Waals surface area contributed by atoms with Crippen LogP contribution in [0.1, 0.15) is 39.0 Å². The van der Waals surface area contributed by atoms with E-state index in [0.29, 0.717) is 5.12 Å². The number of unbranched alkanes of at least 4 members (excludes halogenated alkanes) is 3. The molecule has 76 valence electrons. The van der Waals surface area contributed by atoms with Crippen molar-refractivity contribution in [2.45, 2.75) is 44.3 Å². The number of rotatable bonds is 7. The van der Waals surface area contributed by atoms with E-state index < -0.39 is 0 Å². The summed E-state index contributed by atoms with van der Waals surface area (Å²) in [4.78, 5) is 11.3. The molecule has 1 unspecified atom stereocenters. The van der Waals surface area contributed by atoms with Crippen LogP contribution in [0.15, 0.2) is 0 Å². The zero-order valence-corrected chi connectivity index (χ0v) is 9.88. The van der Waals surface area contributed by atoms with Crippen molar-refractivity contribution in [3.63, 3.8) is 0 Å². The Kier molecular flexibility index (Phi) is 5.96. The molecule has 0 radical (unpaired) electrons. The molecule has 0 N–H and O–H groups in total. The Hall–Kier alpha value is 0.370. The van der Waals surface area contributed by atoms with Crippen molar-refractivity contribution >= 4 is 28.6 Å². The number of carbonyl (C=O) groups excluding carboxylic acids is 1. The lowest BCUT2D eigenvalue weighted by molar-refractivity contribution is -0.111. The van der Waals surface area contributed by atoms with Gasteiger partial charge in [0.1, 0.15) is 0 Å². The van der Waals surface area contributed by atoms with Gasteiger partial charge in [-0.1, -0.05) is 37.9 Å². The van der Waals surface area contributed by atoms with Crippen LogP contribution in [0.25, 0.3) is 0 Å². The Bertz CT molecular complexity index is 155. The minimum atomic E-state index is 0.406. The molecule has 0 bridgehead atoms. The Balaban J connectivity index is 1.84. The van der Waals surface area contributed by atoms with Crippen LogP contribution in [0.4, 0.5) is 0 Å². The Morgan fingerprint density at radius 3 is 2.85 bits per heavy atom. The van der Waals surface area contributed by atoms with Gasteiger partial charge in [-0.05, 0) is 6.42 Å². The van der Waals surface area contributed by atoms with E-state index in [4.69, 9.17) is 0 Å².